The first-order valence-electron chi connectivity index (χ1n) is 9.18. The maximum Gasteiger partial charge on any atom is 0.251 e. The van der Waals surface area contributed by atoms with Gasteiger partial charge in [-0.2, -0.15) is 0 Å². The number of carbonyl (C=O) groups excluding carboxylic acids is 2. The molecule has 0 fully saturated rings. The molecule has 2 amide bonds. The number of aromatic nitrogens is 1. The number of thiazole rings is 1. The van der Waals surface area contributed by atoms with Crippen LogP contribution in [0.5, 0.6) is 0 Å². The van der Waals surface area contributed by atoms with Gasteiger partial charge in [0.05, 0.1) is 15.2 Å². The maximum atomic E-state index is 13.5. The Morgan fingerprint density at radius 3 is 2.68 bits per heavy atom. The van der Waals surface area contributed by atoms with Gasteiger partial charge in [0.15, 0.2) is 0 Å². The average Bonchev–Trinajstić information content (AvgIpc) is 3.10. The van der Waals surface area contributed by atoms with Crippen molar-refractivity contribution in [2.75, 3.05) is 13.1 Å². The first-order valence-corrected chi connectivity index (χ1v) is 10.00. The Labute approximate surface area is 167 Å². The molecule has 0 spiro atoms. The average molecular weight is 399 g/mol. The van der Waals surface area contributed by atoms with Crippen LogP contribution in [-0.4, -0.2) is 29.9 Å². The highest BCUT2D eigenvalue weighted by Gasteiger charge is 2.08. The van der Waals surface area contributed by atoms with E-state index in [1.807, 2.05) is 24.3 Å². The number of amides is 2. The van der Waals surface area contributed by atoms with Gasteiger partial charge in [0.25, 0.3) is 5.91 Å². The zero-order valence-electron chi connectivity index (χ0n) is 15.6. The molecule has 146 valence electrons. The summed E-state index contributed by atoms with van der Waals surface area (Å²) >= 11 is 1.66. The van der Waals surface area contributed by atoms with Crippen LogP contribution in [0.1, 0.15) is 33.8 Å². The summed E-state index contributed by atoms with van der Waals surface area (Å²) in [6, 6.07) is 12.3. The van der Waals surface area contributed by atoms with Gasteiger partial charge in [-0.1, -0.05) is 18.2 Å². The summed E-state index contributed by atoms with van der Waals surface area (Å²) in [6.45, 7) is 2.27. The number of halogens is 1. The second kappa shape index (κ2) is 9.41. The molecule has 2 aromatic carbocycles. The van der Waals surface area contributed by atoms with Crippen molar-refractivity contribution in [2.24, 2.45) is 0 Å². The van der Waals surface area contributed by atoms with E-state index in [0.29, 0.717) is 18.5 Å². The summed E-state index contributed by atoms with van der Waals surface area (Å²) in [5.74, 6) is -0.824. The number of aryl methyl sites for hydroxylation is 2. The number of hydrogen-bond acceptors (Lipinski definition) is 4. The minimum Gasteiger partial charge on any atom is -0.354 e. The van der Waals surface area contributed by atoms with Crippen molar-refractivity contribution in [3.05, 3.63) is 64.4 Å². The predicted molar refractivity (Wildman–Crippen MR) is 109 cm³/mol. The quantitative estimate of drug-likeness (QED) is 0.569. The summed E-state index contributed by atoms with van der Waals surface area (Å²) in [5, 5.41) is 6.48. The van der Waals surface area contributed by atoms with Gasteiger partial charge in [0, 0.05) is 25.1 Å². The highest BCUT2D eigenvalue weighted by Crippen LogP contribution is 2.22. The summed E-state index contributed by atoms with van der Waals surface area (Å²) in [7, 11) is 0. The first-order chi connectivity index (χ1) is 13.5. The lowest BCUT2D eigenvalue weighted by molar-refractivity contribution is -0.121. The largest absolute Gasteiger partial charge is 0.354 e. The van der Waals surface area contributed by atoms with Crippen LogP contribution in [0.2, 0.25) is 0 Å². The normalized spacial score (nSPS) is 10.8. The summed E-state index contributed by atoms with van der Waals surface area (Å²) in [4.78, 5) is 28.4. The van der Waals surface area contributed by atoms with E-state index in [-0.39, 0.29) is 23.9 Å². The molecule has 0 unspecified atom stereocenters. The Kier molecular flexibility index (Phi) is 6.71. The van der Waals surface area contributed by atoms with Crippen molar-refractivity contribution in [1.29, 1.82) is 0 Å². The molecule has 5 nitrogen and oxygen atoms in total. The standard InChI is InChI=1S/C21H22FN3O2S/c1-14-9-10-15(13-16(14)22)21(27)24-12-11-23-19(26)7-4-8-20-25-17-5-2-3-6-18(17)28-20/h2-3,5-6,9-10,13H,4,7-8,11-12H2,1H3,(H,23,26)(H,24,27). The molecule has 1 heterocycles. The third-order valence-electron chi connectivity index (χ3n) is 4.30. The van der Waals surface area contributed by atoms with Crippen molar-refractivity contribution in [3.8, 4) is 0 Å². The van der Waals surface area contributed by atoms with Crippen LogP contribution < -0.4 is 10.6 Å². The lowest BCUT2D eigenvalue weighted by Crippen LogP contribution is -2.34. The van der Waals surface area contributed by atoms with E-state index in [0.717, 1.165) is 28.1 Å². The van der Waals surface area contributed by atoms with Crippen molar-refractivity contribution in [3.63, 3.8) is 0 Å². The molecule has 0 saturated carbocycles. The fraction of sp³-hybridized carbons (Fsp3) is 0.286. The van der Waals surface area contributed by atoms with Crippen LogP contribution >= 0.6 is 11.3 Å². The van der Waals surface area contributed by atoms with Crippen LogP contribution in [0.3, 0.4) is 0 Å². The molecule has 0 aliphatic rings. The lowest BCUT2D eigenvalue weighted by atomic mass is 10.1. The second-order valence-corrected chi connectivity index (χ2v) is 7.61. The predicted octanol–water partition coefficient (Wildman–Crippen LogP) is 3.61. The van der Waals surface area contributed by atoms with Gasteiger partial charge in [0.1, 0.15) is 5.82 Å². The van der Waals surface area contributed by atoms with Gasteiger partial charge in [0.2, 0.25) is 5.91 Å². The number of nitrogens with zero attached hydrogens (tertiary/aromatic N) is 1. The Morgan fingerprint density at radius 1 is 1.11 bits per heavy atom. The minimum atomic E-state index is -0.408. The monoisotopic (exact) mass is 399 g/mol. The fourth-order valence-corrected chi connectivity index (χ4v) is 3.74. The third-order valence-corrected chi connectivity index (χ3v) is 5.40. The first kappa shape index (κ1) is 19.9. The van der Waals surface area contributed by atoms with Crippen LogP contribution in [0.15, 0.2) is 42.5 Å². The van der Waals surface area contributed by atoms with Gasteiger partial charge in [-0.15, -0.1) is 11.3 Å². The van der Waals surface area contributed by atoms with Gasteiger partial charge < -0.3 is 10.6 Å². The van der Waals surface area contributed by atoms with Crippen LogP contribution in [0, 0.1) is 12.7 Å². The fourth-order valence-electron chi connectivity index (χ4n) is 2.73. The van der Waals surface area contributed by atoms with E-state index in [1.54, 1.807) is 30.4 Å². The van der Waals surface area contributed by atoms with E-state index in [9.17, 15) is 14.0 Å². The number of para-hydroxylation sites is 1. The molecular weight excluding hydrogens is 377 g/mol. The Hall–Kier alpha value is -2.80. The molecule has 0 aliphatic heterocycles. The number of benzene rings is 2. The Bertz CT molecular complexity index is 954. The van der Waals surface area contributed by atoms with Gasteiger partial charge >= 0.3 is 0 Å². The van der Waals surface area contributed by atoms with E-state index < -0.39 is 5.82 Å². The van der Waals surface area contributed by atoms with Crippen LogP contribution in [0.4, 0.5) is 4.39 Å². The SMILES string of the molecule is Cc1ccc(C(=O)NCCNC(=O)CCCc2nc3ccccc3s2)cc1F. The molecule has 2 N–H and O–H groups in total. The Morgan fingerprint density at radius 2 is 1.89 bits per heavy atom. The molecule has 28 heavy (non-hydrogen) atoms. The molecule has 3 aromatic rings. The van der Waals surface area contributed by atoms with Gasteiger partial charge in [-0.3, -0.25) is 9.59 Å². The maximum absolute atomic E-state index is 13.5. The van der Waals surface area contributed by atoms with Crippen LogP contribution in [0.25, 0.3) is 10.2 Å². The van der Waals surface area contributed by atoms with E-state index >= 15 is 0 Å². The lowest BCUT2D eigenvalue weighted by Gasteiger charge is -2.07. The highest BCUT2D eigenvalue weighted by atomic mass is 32.1. The topological polar surface area (TPSA) is 71.1 Å². The second-order valence-electron chi connectivity index (χ2n) is 6.50. The zero-order valence-corrected chi connectivity index (χ0v) is 16.4. The molecule has 1 aromatic heterocycles. The summed E-state index contributed by atoms with van der Waals surface area (Å²) < 4.78 is 14.7. The zero-order chi connectivity index (χ0) is 19.9. The van der Waals surface area contributed by atoms with E-state index in [2.05, 4.69) is 15.6 Å². The van der Waals surface area contributed by atoms with E-state index in [4.69, 9.17) is 0 Å². The Balaban J connectivity index is 1.33. The van der Waals surface area contributed by atoms with Crippen molar-refractivity contribution >= 4 is 33.4 Å². The molecule has 0 atom stereocenters. The number of fused-ring (bicyclic) bond motifs is 1. The molecule has 3 rings (SSSR count). The highest BCUT2D eigenvalue weighted by molar-refractivity contribution is 7.18. The minimum absolute atomic E-state index is 0.0586. The number of rotatable bonds is 8. The van der Waals surface area contributed by atoms with Crippen LogP contribution in [-0.2, 0) is 11.2 Å². The summed E-state index contributed by atoms with van der Waals surface area (Å²) in [6.07, 6.45) is 1.90. The molecular formula is C21H22FN3O2S. The van der Waals surface area contributed by atoms with Crippen molar-refractivity contribution < 1.29 is 14.0 Å². The number of carbonyl (C=O) groups is 2. The molecule has 7 heteroatoms. The molecule has 0 aliphatic carbocycles. The van der Waals surface area contributed by atoms with Gasteiger partial charge in [-0.05, 0) is 49.6 Å². The molecule has 0 bridgehead atoms. The smallest absolute Gasteiger partial charge is 0.251 e. The molecule has 0 saturated heterocycles. The molecule has 0 radical (unpaired) electrons. The van der Waals surface area contributed by atoms with E-state index in [1.165, 1.54) is 6.07 Å². The third kappa shape index (κ3) is 5.36. The van der Waals surface area contributed by atoms with Gasteiger partial charge in [-0.25, -0.2) is 9.37 Å². The van der Waals surface area contributed by atoms with Crippen molar-refractivity contribution in [1.82, 2.24) is 15.6 Å². The van der Waals surface area contributed by atoms with Crippen molar-refractivity contribution in [2.45, 2.75) is 26.2 Å². The number of nitrogens with one attached hydrogen (secondary N) is 2. The number of hydrogen-bond donors (Lipinski definition) is 2. The summed E-state index contributed by atoms with van der Waals surface area (Å²) in [5.41, 5.74) is 1.76.